The van der Waals surface area contributed by atoms with Crippen LogP contribution in [0.25, 0.3) is 0 Å². The Morgan fingerprint density at radius 3 is 2.80 bits per heavy atom. The number of H-pyrrole nitrogens is 1. The normalized spacial score (nSPS) is 11.9. The van der Waals surface area contributed by atoms with Crippen molar-refractivity contribution in [1.29, 1.82) is 0 Å². The predicted molar refractivity (Wildman–Crippen MR) is 75.5 cm³/mol. The molecule has 2 aromatic rings. The number of rotatable bonds is 7. The Labute approximate surface area is 118 Å². The second-order valence-electron chi connectivity index (χ2n) is 4.41. The SMILES string of the molecule is CCn1cc(S(=O)(=O)NCc2cn[nH]c2)cc1CNC. The molecule has 0 fully saturated rings. The second kappa shape index (κ2) is 6.21. The molecule has 0 saturated carbocycles. The Kier molecular flexibility index (Phi) is 4.58. The van der Waals surface area contributed by atoms with Gasteiger partial charge in [-0.25, -0.2) is 13.1 Å². The lowest BCUT2D eigenvalue weighted by molar-refractivity contribution is 0.581. The Balaban J connectivity index is 2.16. The molecule has 2 aromatic heterocycles. The molecule has 2 heterocycles. The summed E-state index contributed by atoms with van der Waals surface area (Å²) in [7, 11) is -1.68. The molecule has 0 amide bonds. The minimum Gasteiger partial charge on any atom is -0.349 e. The van der Waals surface area contributed by atoms with E-state index in [1.807, 2.05) is 18.5 Å². The first-order chi connectivity index (χ1) is 9.56. The van der Waals surface area contributed by atoms with E-state index in [4.69, 9.17) is 0 Å². The number of hydrogen-bond acceptors (Lipinski definition) is 4. The highest BCUT2D eigenvalue weighted by atomic mass is 32.2. The van der Waals surface area contributed by atoms with Gasteiger partial charge in [-0.3, -0.25) is 5.10 Å². The number of aromatic amines is 1. The van der Waals surface area contributed by atoms with E-state index in [2.05, 4.69) is 20.2 Å². The van der Waals surface area contributed by atoms with Crippen LogP contribution in [0.5, 0.6) is 0 Å². The van der Waals surface area contributed by atoms with Gasteiger partial charge >= 0.3 is 0 Å². The molecule has 0 bridgehead atoms. The fourth-order valence-corrected chi connectivity index (χ4v) is 3.01. The van der Waals surface area contributed by atoms with E-state index in [0.29, 0.717) is 6.54 Å². The van der Waals surface area contributed by atoms with E-state index in [-0.39, 0.29) is 11.4 Å². The zero-order valence-electron chi connectivity index (χ0n) is 11.5. The molecule has 2 rings (SSSR count). The van der Waals surface area contributed by atoms with Gasteiger partial charge in [-0.1, -0.05) is 0 Å². The first-order valence-corrected chi connectivity index (χ1v) is 7.86. The third kappa shape index (κ3) is 3.27. The lowest BCUT2D eigenvalue weighted by Gasteiger charge is -2.04. The van der Waals surface area contributed by atoms with Crippen LogP contribution in [-0.2, 0) is 29.7 Å². The summed E-state index contributed by atoms with van der Waals surface area (Å²) in [5, 5.41) is 9.46. The second-order valence-corrected chi connectivity index (χ2v) is 6.18. The van der Waals surface area contributed by atoms with Crippen LogP contribution in [0.2, 0.25) is 0 Å². The molecule has 0 radical (unpaired) electrons. The molecule has 0 unspecified atom stereocenters. The monoisotopic (exact) mass is 297 g/mol. The Hall–Kier alpha value is -1.64. The van der Waals surface area contributed by atoms with E-state index < -0.39 is 10.0 Å². The Morgan fingerprint density at radius 2 is 2.20 bits per heavy atom. The van der Waals surface area contributed by atoms with Gasteiger partial charge in [0.2, 0.25) is 10.0 Å². The summed E-state index contributed by atoms with van der Waals surface area (Å²) in [5.74, 6) is 0. The minimum atomic E-state index is -3.51. The highest BCUT2D eigenvalue weighted by Crippen LogP contribution is 2.15. The average Bonchev–Trinajstić information content (AvgIpc) is 3.06. The number of hydrogen-bond donors (Lipinski definition) is 3. The molecule has 20 heavy (non-hydrogen) atoms. The zero-order chi connectivity index (χ0) is 14.6. The third-order valence-electron chi connectivity index (χ3n) is 2.99. The lowest BCUT2D eigenvalue weighted by atomic mass is 10.4. The van der Waals surface area contributed by atoms with E-state index in [0.717, 1.165) is 17.8 Å². The smallest absolute Gasteiger partial charge is 0.242 e. The summed E-state index contributed by atoms with van der Waals surface area (Å²) in [6.07, 6.45) is 4.91. The summed E-state index contributed by atoms with van der Waals surface area (Å²) in [5.41, 5.74) is 1.73. The molecular formula is C12H19N5O2S. The van der Waals surface area contributed by atoms with Crippen LogP contribution in [-0.4, -0.2) is 30.2 Å². The van der Waals surface area contributed by atoms with Crippen LogP contribution >= 0.6 is 0 Å². The Morgan fingerprint density at radius 1 is 1.40 bits per heavy atom. The predicted octanol–water partition coefficient (Wildman–Crippen LogP) is 0.429. The van der Waals surface area contributed by atoms with Crippen molar-refractivity contribution in [1.82, 2.24) is 24.8 Å². The van der Waals surface area contributed by atoms with Crippen molar-refractivity contribution in [2.45, 2.75) is 31.5 Å². The van der Waals surface area contributed by atoms with Gasteiger partial charge in [-0.05, 0) is 20.0 Å². The lowest BCUT2D eigenvalue weighted by Crippen LogP contribution is -2.22. The molecule has 110 valence electrons. The van der Waals surface area contributed by atoms with Crippen molar-refractivity contribution in [3.05, 3.63) is 35.9 Å². The summed E-state index contributed by atoms with van der Waals surface area (Å²) in [6, 6.07) is 1.69. The van der Waals surface area contributed by atoms with Crippen molar-refractivity contribution in [2.75, 3.05) is 7.05 Å². The van der Waals surface area contributed by atoms with Gasteiger partial charge in [0.25, 0.3) is 0 Å². The van der Waals surface area contributed by atoms with Crippen molar-refractivity contribution in [3.63, 3.8) is 0 Å². The molecule has 0 spiro atoms. The number of nitrogens with zero attached hydrogens (tertiary/aromatic N) is 2. The van der Waals surface area contributed by atoms with Crippen molar-refractivity contribution < 1.29 is 8.42 Å². The standard InChI is InChI=1S/C12H19N5O2S/c1-3-17-9-12(4-11(17)8-13-2)20(18,19)16-7-10-5-14-15-6-10/h4-6,9,13,16H,3,7-8H2,1-2H3,(H,14,15). The molecular weight excluding hydrogens is 278 g/mol. The van der Waals surface area contributed by atoms with E-state index in [9.17, 15) is 8.42 Å². The molecule has 0 aliphatic rings. The van der Waals surface area contributed by atoms with E-state index >= 15 is 0 Å². The first kappa shape index (κ1) is 14.8. The third-order valence-corrected chi connectivity index (χ3v) is 4.36. The topological polar surface area (TPSA) is 91.8 Å². The summed E-state index contributed by atoms with van der Waals surface area (Å²) in [4.78, 5) is 0.285. The van der Waals surface area contributed by atoms with Crippen LogP contribution in [0.1, 0.15) is 18.2 Å². The van der Waals surface area contributed by atoms with Gasteiger partial charge < -0.3 is 9.88 Å². The Bertz CT molecular complexity index is 645. The number of sulfonamides is 1. The minimum absolute atomic E-state index is 0.220. The molecule has 0 aliphatic carbocycles. The maximum Gasteiger partial charge on any atom is 0.242 e. The van der Waals surface area contributed by atoms with E-state index in [1.54, 1.807) is 24.7 Å². The van der Waals surface area contributed by atoms with Crippen molar-refractivity contribution in [3.8, 4) is 0 Å². The van der Waals surface area contributed by atoms with Crippen molar-refractivity contribution in [2.24, 2.45) is 0 Å². The largest absolute Gasteiger partial charge is 0.349 e. The molecule has 8 heteroatoms. The van der Waals surface area contributed by atoms with Gasteiger partial charge in [0.15, 0.2) is 0 Å². The fourth-order valence-electron chi connectivity index (χ4n) is 1.93. The van der Waals surface area contributed by atoms with Gasteiger partial charge in [-0.15, -0.1) is 0 Å². The molecule has 3 N–H and O–H groups in total. The highest BCUT2D eigenvalue weighted by molar-refractivity contribution is 7.89. The van der Waals surface area contributed by atoms with Crippen LogP contribution in [0.4, 0.5) is 0 Å². The summed E-state index contributed by atoms with van der Waals surface area (Å²) < 4.78 is 29.0. The number of aromatic nitrogens is 3. The average molecular weight is 297 g/mol. The van der Waals surface area contributed by atoms with Crippen LogP contribution < -0.4 is 10.0 Å². The molecule has 7 nitrogen and oxygen atoms in total. The molecule has 0 saturated heterocycles. The quantitative estimate of drug-likeness (QED) is 0.691. The van der Waals surface area contributed by atoms with Gasteiger partial charge in [0, 0.05) is 43.3 Å². The summed E-state index contributed by atoms with van der Waals surface area (Å²) >= 11 is 0. The number of aryl methyl sites for hydroxylation is 1. The fraction of sp³-hybridized carbons (Fsp3) is 0.417. The van der Waals surface area contributed by atoms with Crippen LogP contribution in [0.3, 0.4) is 0 Å². The molecule has 0 atom stereocenters. The van der Waals surface area contributed by atoms with Gasteiger partial charge in [-0.2, -0.15) is 5.10 Å². The van der Waals surface area contributed by atoms with Crippen LogP contribution in [0.15, 0.2) is 29.6 Å². The molecule has 0 aliphatic heterocycles. The first-order valence-electron chi connectivity index (χ1n) is 6.37. The maximum absolute atomic E-state index is 12.2. The maximum atomic E-state index is 12.2. The molecule has 0 aromatic carbocycles. The van der Waals surface area contributed by atoms with Crippen LogP contribution in [0, 0.1) is 0 Å². The number of nitrogens with one attached hydrogen (secondary N) is 3. The van der Waals surface area contributed by atoms with Gasteiger partial charge in [0.05, 0.1) is 11.1 Å². The van der Waals surface area contributed by atoms with E-state index in [1.165, 1.54) is 0 Å². The van der Waals surface area contributed by atoms with Gasteiger partial charge in [0.1, 0.15) is 0 Å². The van der Waals surface area contributed by atoms with Crippen molar-refractivity contribution >= 4 is 10.0 Å². The highest BCUT2D eigenvalue weighted by Gasteiger charge is 2.17. The zero-order valence-corrected chi connectivity index (χ0v) is 12.4. The summed E-state index contributed by atoms with van der Waals surface area (Å²) in [6.45, 7) is 3.56.